The van der Waals surface area contributed by atoms with Gasteiger partial charge in [0.2, 0.25) is 11.1 Å². The van der Waals surface area contributed by atoms with E-state index in [1.807, 2.05) is 47.4 Å². The van der Waals surface area contributed by atoms with Crippen molar-refractivity contribution in [2.24, 2.45) is 0 Å². The molecule has 6 nitrogen and oxygen atoms in total. The predicted molar refractivity (Wildman–Crippen MR) is 92.8 cm³/mol. The lowest BCUT2D eigenvalue weighted by Crippen LogP contribution is -2.29. The second-order valence-corrected chi connectivity index (χ2v) is 6.66. The van der Waals surface area contributed by atoms with E-state index in [0.717, 1.165) is 37.2 Å². The van der Waals surface area contributed by atoms with E-state index in [0.29, 0.717) is 16.6 Å². The average molecular weight is 339 g/mol. The molecule has 1 fully saturated rings. The summed E-state index contributed by atoms with van der Waals surface area (Å²) in [7, 11) is 0. The summed E-state index contributed by atoms with van der Waals surface area (Å²) in [6, 6.07) is 13.8. The summed E-state index contributed by atoms with van der Waals surface area (Å²) in [6.07, 6.45) is 2.21. The quantitative estimate of drug-likeness (QED) is 0.684. The Morgan fingerprint density at radius 3 is 2.62 bits per heavy atom. The first kappa shape index (κ1) is 15.1. The van der Waals surface area contributed by atoms with E-state index < -0.39 is 0 Å². The van der Waals surface area contributed by atoms with Gasteiger partial charge in [0.1, 0.15) is 0 Å². The van der Waals surface area contributed by atoms with Gasteiger partial charge in [-0.15, -0.1) is 10.2 Å². The molecule has 1 aromatic carbocycles. The van der Waals surface area contributed by atoms with Crippen LogP contribution in [0.2, 0.25) is 0 Å². The van der Waals surface area contributed by atoms with Crippen molar-refractivity contribution in [2.45, 2.75) is 18.0 Å². The zero-order chi connectivity index (χ0) is 16.4. The highest BCUT2D eigenvalue weighted by Gasteiger charge is 2.19. The minimum absolute atomic E-state index is 0.161. The third-order valence-corrected chi connectivity index (χ3v) is 4.99. The van der Waals surface area contributed by atoms with E-state index in [1.54, 1.807) is 4.52 Å². The number of hydrogen-bond donors (Lipinski definition) is 0. The molecule has 0 aliphatic carbocycles. The highest BCUT2D eigenvalue weighted by molar-refractivity contribution is 7.99. The number of aromatic nitrogens is 4. The summed E-state index contributed by atoms with van der Waals surface area (Å²) in [6.45, 7) is 1.74. The standard InChI is InChI=1S/C17H17N5OS/c23-16(21-10-4-5-11-21)12-24-17-19-18-15-9-8-14(20-22(15)17)13-6-2-1-3-7-13/h1-3,6-9H,4-5,10-12H2. The molecule has 122 valence electrons. The van der Waals surface area contributed by atoms with Gasteiger partial charge in [-0.25, -0.2) is 0 Å². The van der Waals surface area contributed by atoms with Gasteiger partial charge in [0, 0.05) is 18.7 Å². The van der Waals surface area contributed by atoms with Gasteiger partial charge in [-0.1, -0.05) is 42.1 Å². The molecule has 24 heavy (non-hydrogen) atoms. The van der Waals surface area contributed by atoms with Crippen LogP contribution < -0.4 is 0 Å². The molecule has 3 aromatic rings. The van der Waals surface area contributed by atoms with Crippen LogP contribution in [0.15, 0.2) is 47.6 Å². The fraction of sp³-hybridized carbons (Fsp3) is 0.294. The van der Waals surface area contributed by atoms with E-state index >= 15 is 0 Å². The van der Waals surface area contributed by atoms with Crippen LogP contribution in [0.25, 0.3) is 16.9 Å². The fourth-order valence-corrected chi connectivity index (χ4v) is 3.60. The molecule has 0 bridgehead atoms. The summed E-state index contributed by atoms with van der Waals surface area (Å²) in [5.74, 6) is 0.534. The Hall–Kier alpha value is -2.41. The highest BCUT2D eigenvalue weighted by atomic mass is 32.2. The molecule has 0 atom stereocenters. The van der Waals surface area contributed by atoms with E-state index in [2.05, 4.69) is 15.3 Å². The maximum absolute atomic E-state index is 12.2. The third-order valence-electron chi connectivity index (χ3n) is 4.09. The number of thioether (sulfide) groups is 1. The summed E-state index contributed by atoms with van der Waals surface area (Å²) < 4.78 is 1.71. The lowest BCUT2D eigenvalue weighted by atomic mass is 10.1. The summed E-state index contributed by atoms with van der Waals surface area (Å²) in [5.41, 5.74) is 2.58. The molecule has 1 amide bonds. The average Bonchev–Trinajstić information content (AvgIpc) is 3.30. The summed E-state index contributed by atoms with van der Waals surface area (Å²) >= 11 is 1.39. The van der Waals surface area contributed by atoms with Gasteiger partial charge < -0.3 is 4.90 Å². The summed E-state index contributed by atoms with van der Waals surface area (Å²) in [5, 5.41) is 13.6. The molecule has 0 N–H and O–H groups in total. The Morgan fingerprint density at radius 1 is 1.04 bits per heavy atom. The van der Waals surface area contributed by atoms with Gasteiger partial charge in [0.15, 0.2) is 5.65 Å². The minimum Gasteiger partial charge on any atom is -0.342 e. The third kappa shape index (κ3) is 2.99. The van der Waals surface area contributed by atoms with Crippen molar-refractivity contribution in [2.75, 3.05) is 18.8 Å². The molecule has 0 unspecified atom stereocenters. The number of carbonyl (C=O) groups is 1. The summed E-state index contributed by atoms with van der Waals surface area (Å²) in [4.78, 5) is 14.1. The van der Waals surface area contributed by atoms with E-state index in [4.69, 9.17) is 0 Å². The second-order valence-electron chi connectivity index (χ2n) is 5.71. The number of rotatable bonds is 4. The number of hydrogen-bond acceptors (Lipinski definition) is 5. The zero-order valence-electron chi connectivity index (χ0n) is 13.1. The number of fused-ring (bicyclic) bond motifs is 1. The van der Waals surface area contributed by atoms with Gasteiger partial charge in [-0.2, -0.15) is 9.61 Å². The Kier molecular flexibility index (Phi) is 4.17. The second kappa shape index (κ2) is 6.60. The Labute approximate surface area is 143 Å². The fourth-order valence-electron chi connectivity index (χ4n) is 2.81. The van der Waals surface area contributed by atoms with Crippen LogP contribution in [0.4, 0.5) is 0 Å². The lowest BCUT2D eigenvalue weighted by Gasteiger charge is -2.14. The Bertz CT molecular complexity index is 858. The van der Waals surface area contributed by atoms with Crippen LogP contribution in [0, 0.1) is 0 Å². The molecule has 7 heteroatoms. The molecular weight excluding hydrogens is 322 g/mol. The smallest absolute Gasteiger partial charge is 0.233 e. The van der Waals surface area contributed by atoms with Crippen LogP contribution in [0.5, 0.6) is 0 Å². The molecule has 3 heterocycles. The first-order valence-electron chi connectivity index (χ1n) is 8.00. The van der Waals surface area contributed by atoms with Gasteiger partial charge >= 0.3 is 0 Å². The Balaban J connectivity index is 1.56. The molecule has 1 aliphatic heterocycles. The van der Waals surface area contributed by atoms with Gasteiger partial charge in [-0.3, -0.25) is 4.79 Å². The van der Waals surface area contributed by atoms with Crippen molar-refractivity contribution in [3.05, 3.63) is 42.5 Å². The van der Waals surface area contributed by atoms with Crippen LogP contribution in [-0.2, 0) is 4.79 Å². The molecule has 2 aromatic heterocycles. The van der Waals surface area contributed by atoms with Crippen molar-refractivity contribution in [1.82, 2.24) is 24.7 Å². The monoisotopic (exact) mass is 339 g/mol. The molecule has 1 aliphatic rings. The van der Waals surface area contributed by atoms with Gasteiger partial charge in [-0.05, 0) is 25.0 Å². The molecular formula is C17H17N5OS. The molecule has 1 saturated heterocycles. The topological polar surface area (TPSA) is 63.4 Å². The van der Waals surface area contributed by atoms with Gasteiger partial charge in [0.25, 0.3) is 0 Å². The van der Waals surface area contributed by atoms with E-state index in [9.17, 15) is 4.79 Å². The molecule has 4 rings (SSSR count). The largest absolute Gasteiger partial charge is 0.342 e. The number of likely N-dealkylation sites (tertiary alicyclic amines) is 1. The lowest BCUT2D eigenvalue weighted by molar-refractivity contribution is -0.127. The number of amides is 1. The van der Waals surface area contributed by atoms with E-state index in [1.165, 1.54) is 11.8 Å². The van der Waals surface area contributed by atoms with Crippen LogP contribution in [0.3, 0.4) is 0 Å². The number of benzene rings is 1. The van der Waals surface area contributed by atoms with E-state index in [-0.39, 0.29) is 5.91 Å². The first-order chi connectivity index (χ1) is 11.8. The maximum atomic E-state index is 12.2. The highest BCUT2D eigenvalue weighted by Crippen LogP contribution is 2.21. The zero-order valence-corrected chi connectivity index (χ0v) is 13.9. The molecule has 0 spiro atoms. The van der Waals surface area contributed by atoms with Gasteiger partial charge in [0.05, 0.1) is 11.4 Å². The van der Waals surface area contributed by atoms with Crippen molar-refractivity contribution in [3.8, 4) is 11.3 Å². The van der Waals surface area contributed by atoms with Crippen molar-refractivity contribution in [3.63, 3.8) is 0 Å². The SMILES string of the molecule is O=C(CSc1nnc2ccc(-c3ccccc3)nn12)N1CCCC1. The minimum atomic E-state index is 0.161. The van der Waals surface area contributed by atoms with Crippen LogP contribution in [-0.4, -0.2) is 49.5 Å². The predicted octanol–water partition coefficient (Wildman–Crippen LogP) is 2.51. The molecule has 0 saturated carbocycles. The molecule has 0 radical (unpaired) electrons. The Morgan fingerprint density at radius 2 is 1.83 bits per heavy atom. The first-order valence-corrected chi connectivity index (χ1v) is 8.98. The van der Waals surface area contributed by atoms with Crippen molar-refractivity contribution >= 4 is 23.3 Å². The van der Waals surface area contributed by atoms with Crippen molar-refractivity contribution in [1.29, 1.82) is 0 Å². The van der Waals surface area contributed by atoms with Crippen molar-refractivity contribution < 1.29 is 4.79 Å². The van der Waals surface area contributed by atoms with Crippen LogP contribution in [0.1, 0.15) is 12.8 Å². The normalized spacial score (nSPS) is 14.4. The van der Waals surface area contributed by atoms with Crippen LogP contribution >= 0.6 is 11.8 Å². The maximum Gasteiger partial charge on any atom is 0.233 e. The number of carbonyl (C=O) groups excluding carboxylic acids is 1. The number of nitrogens with zero attached hydrogens (tertiary/aromatic N) is 5.